The van der Waals surface area contributed by atoms with E-state index in [0.29, 0.717) is 16.8 Å². The summed E-state index contributed by atoms with van der Waals surface area (Å²) in [6.45, 7) is 2.68. The highest BCUT2D eigenvalue weighted by Gasteiger charge is 2.12. The number of hydrogen-bond acceptors (Lipinski definition) is 3. The van der Waals surface area contributed by atoms with Gasteiger partial charge in [0, 0.05) is 10.7 Å². The molecule has 0 saturated carbocycles. The summed E-state index contributed by atoms with van der Waals surface area (Å²) < 4.78 is 28.2. The highest BCUT2D eigenvalue weighted by molar-refractivity contribution is 9.10. The monoisotopic (exact) mass is 326 g/mol. The molecular weight excluding hydrogens is 316 g/mol. The quantitative estimate of drug-likeness (QED) is 0.613. The van der Waals surface area contributed by atoms with Crippen LogP contribution in [0.15, 0.2) is 27.6 Å². The second-order valence-electron chi connectivity index (χ2n) is 3.23. The first kappa shape index (κ1) is 13.8. The zero-order valence-corrected chi connectivity index (χ0v) is 11.9. The van der Waals surface area contributed by atoms with E-state index in [-0.39, 0.29) is 4.90 Å². The van der Waals surface area contributed by atoms with Gasteiger partial charge in [-0.2, -0.15) is 0 Å². The van der Waals surface area contributed by atoms with E-state index in [2.05, 4.69) is 22.9 Å². The molecule has 0 unspecified atom stereocenters. The zero-order valence-electron chi connectivity index (χ0n) is 8.74. The van der Waals surface area contributed by atoms with Crippen LogP contribution < -0.4 is 4.74 Å². The Hall–Kier alpha value is -0.260. The number of unbranched alkanes of at least 4 members (excludes halogenated alkanes) is 1. The average Bonchev–Trinajstić information content (AvgIpc) is 2.19. The molecule has 0 spiro atoms. The van der Waals surface area contributed by atoms with Gasteiger partial charge in [-0.3, -0.25) is 0 Å². The summed E-state index contributed by atoms with van der Waals surface area (Å²) in [5.74, 6) is 0.623. The lowest BCUT2D eigenvalue weighted by atomic mass is 10.3. The topological polar surface area (TPSA) is 43.4 Å². The van der Waals surface area contributed by atoms with Crippen molar-refractivity contribution in [3.8, 4) is 5.75 Å². The SMILES string of the molecule is CCCCOc1ccc(S(=O)(=O)Cl)cc1Br. The lowest BCUT2D eigenvalue weighted by Crippen LogP contribution is -1.98. The van der Waals surface area contributed by atoms with Gasteiger partial charge in [-0.05, 0) is 40.5 Å². The Kier molecular flexibility index (Phi) is 5.08. The van der Waals surface area contributed by atoms with E-state index in [4.69, 9.17) is 15.4 Å². The van der Waals surface area contributed by atoms with Crippen molar-refractivity contribution in [2.24, 2.45) is 0 Å². The van der Waals surface area contributed by atoms with Gasteiger partial charge in [0.15, 0.2) is 0 Å². The van der Waals surface area contributed by atoms with Crippen LogP contribution >= 0.6 is 26.6 Å². The molecule has 0 aliphatic heterocycles. The van der Waals surface area contributed by atoms with Gasteiger partial charge in [-0.1, -0.05) is 13.3 Å². The molecule has 0 atom stereocenters. The lowest BCUT2D eigenvalue weighted by molar-refractivity contribution is 0.307. The Balaban J connectivity index is 2.84. The molecule has 0 aromatic heterocycles. The Morgan fingerprint density at radius 1 is 1.44 bits per heavy atom. The number of benzene rings is 1. The van der Waals surface area contributed by atoms with E-state index in [9.17, 15) is 8.42 Å². The predicted molar refractivity (Wildman–Crippen MR) is 67.6 cm³/mol. The fourth-order valence-electron chi connectivity index (χ4n) is 1.08. The minimum absolute atomic E-state index is 0.0592. The van der Waals surface area contributed by atoms with Crippen molar-refractivity contribution in [2.45, 2.75) is 24.7 Å². The van der Waals surface area contributed by atoms with Gasteiger partial charge < -0.3 is 4.74 Å². The van der Waals surface area contributed by atoms with Crippen molar-refractivity contribution in [3.05, 3.63) is 22.7 Å². The smallest absolute Gasteiger partial charge is 0.261 e. The molecule has 0 bridgehead atoms. The summed E-state index contributed by atoms with van der Waals surface area (Å²) in [5.41, 5.74) is 0. The van der Waals surface area contributed by atoms with E-state index < -0.39 is 9.05 Å². The molecule has 0 aliphatic rings. The van der Waals surface area contributed by atoms with Crippen LogP contribution in [0.25, 0.3) is 0 Å². The molecule has 0 heterocycles. The minimum Gasteiger partial charge on any atom is -0.492 e. The van der Waals surface area contributed by atoms with Gasteiger partial charge in [0.05, 0.1) is 16.0 Å². The maximum atomic E-state index is 11.1. The van der Waals surface area contributed by atoms with Gasteiger partial charge >= 0.3 is 0 Å². The summed E-state index contributed by atoms with van der Waals surface area (Å²) in [6, 6.07) is 4.45. The van der Waals surface area contributed by atoms with Crippen LogP contribution in [0.3, 0.4) is 0 Å². The fraction of sp³-hybridized carbons (Fsp3) is 0.400. The number of hydrogen-bond donors (Lipinski definition) is 0. The minimum atomic E-state index is -3.68. The molecule has 0 amide bonds. The van der Waals surface area contributed by atoms with E-state index in [1.165, 1.54) is 12.1 Å². The fourth-order valence-corrected chi connectivity index (χ4v) is 2.50. The molecule has 1 aromatic carbocycles. The Morgan fingerprint density at radius 3 is 2.62 bits per heavy atom. The van der Waals surface area contributed by atoms with E-state index in [0.717, 1.165) is 12.8 Å². The summed E-state index contributed by atoms with van der Waals surface area (Å²) in [4.78, 5) is 0.0592. The highest BCUT2D eigenvalue weighted by atomic mass is 79.9. The van der Waals surface area contributed by atoms with Crippen LogP contribution in [-0.4, -0.2) is 15.0 Å². The largest absolute Gasteiger partial charge is 0.492 e. The van der Waals surface area contributed by atoms with Gasteiger partial charge in [0.25, 0.3) is 9.05 Å². The summed E-state index contributed by atoms with van der Waals surface area (Å²) >= 11 is 3.24. The van der Waals surface area contributed by atoms with Crippen LogP contribution in [-0.2, 0) is 9.05 Å². The Labute approximate surface area is 108 Å². The van der Waals surface area contributed by atoms with Crippen molar-refractivity contribution in [1.29, 1.82) is 0 Å². The maximum Gasteiger partial charge on any atom is 0.261 e. The molecule has 1 rings (SSSR count). The van der Waals surface area contributed by atoms with E-state index in [1.807, 2.05) is 0 Å². The summed E-state index contributed by atoms with van der Waals surface area (Å²) in [5, 5.41) is 0. The molecule has 0 fully saturated rings. The third kappa shape index (κ3) is 3.96. The second kappa shape index (κ2) is 5.89. The third-order valence-electron chi connectivity index (χ3n) is 1.94. The lowest BCUT2D eigenvalue weighted by Gasteiger charge is -2.08. The Bertz CT molecular complexity index is 459. The molecule has 6 heteroatoms. The molecule has 0 saturated heterocycles. The number of halogens is 2. The van der Waals surface area contributed by atoms with Gasteiger partial charge in [0.2, 0.25) is 0 Å². The number of rotatable bonds is 5. The van der Waals surface area contributed by atoms with Crippen molar-refractivity contribution in [3.63, 3.8) is 0 Å². The van der Waals surface area contributed by atoms with E-state index >= 15 is 0 Å². The highest BCUT2D eigenvalue weighted by Crippen LogP contribution is 2.29. The molecule has 90 valence electrons. The first-order valence-corrected chi connectivity index (χ1v) is 7.92. The normalized spacial score (nSPS) is 11.4. The Morgan fingerprint density at radius 2 is 2.12 bits per heavy atom. The summed E-state index contributed by atoms with van der Waals surface area (Å²) in [6.07, 6.45) is 2.01. The van der Waals surface area contributed by atoms with Gasteiger partial charge in [-0.25, -0.2) is 8.42 Å². The molecule has 0 aliphatic carbocycles. The van der Waals surface area contributed by atoms with Crippen LogP contribution in [0.4, 0.5) is 0 Å². The molecule has 16 heavy (non-hydrogen) atoms. The van der Waals surface area contributed by atoms with Crippen LogP contribution in [0.2, 0.25) is 0 Å². The predicted octanol–water partition coefficient (Wildman–Crippen LogP) is 3.56. The molecule has 0 N–H and O–H groups in total. The van der Waals surface area contributed by atoms with Crippen LogP contribution in [0, 0.1) is 0 Å². The maximum absolute atomic E-state index is 11.1. The van der Waals surface area contributed by atoms with Crippen LogP contribution in [0.1, 0.15) is 19.8 Å². The van der Waals surface area contributed by atoms with Crippen molar-refractivity contribution in [2.75, 3.05) is 6.61 Å². The van der Waals surface area contributed by atoms with Crippen molar-refractivity contribution >= 4 is 35.7 Å². The first-order chi connectivity index (χ1) is 7.45. The number of ether oxygens (including phenoxy) is 1. The molecule has 0 radical (unpaired) electrons. The third-order valence-corrected chi connectivity index (χ3v) is 3.91. The molecular formula is C10H12BrClO3S. The van der Waals surface area contributed by atoms with E-state index in [1.54, 1.807) is 6.07 Å². The molecule has 3 nitrogen and oxygen atoms in total. The van der Waals surface area contributed by atoms with Crippen molar-refractivity contribution < 1.29 is 13.2 Å². The second-order valence-corrected chi connectivity index (χ2v) is 6.65. The standard InChI is InChI=1S/C10H12BrClO3S/c1-2-3-6-15-10-5-4-8(7-9(10)11)16(12,13)14/h4-5,7H,2-3,6H2,1H3. The zero-order chi connectivity index (χ0) is 12.2. The van der Waals surface area contributed by atoms with Gasteiger partial charge in [0.1, 0.15) is 5.75 Å². The van der Waals surface area contributed by atoms with Crippen LogP contribution in [0.5, 0.6) is 5.75 Å². The molecule has 1 aromatic rings. The summed E-state index contributed by atoms with van der Waals surface area (Å²) in [7, 11) is 1.54. The average molecular weight is 328 g/mol. The van der Waals surface area contributed by atoms with Gasteiger partial charge in [-0.15, -0.1) is 0 Å². The first-order valence-electron chi connectivity index (χ1n) is 4.82. The van der Waals surface area contributed by atoms with Crippen molar-refractivity contribution in [1.82, 2.24) is 0 Å².